The minimum atomic E-state index is -0.754. The van der Waals surface area contributed by atoms with Crippen LogP contribution in [0.25, 0.3) is 0 Å². The van der Waals surface area contributed by atoms with Crippen LogP contribution in [0.2, 0.25) is 0 Å². The largest absolute Gasteiger partial charge is 0.464 e. The molecule has 0 saturated carbocycles. The number of ether oxygens (including phenoxy) is 1. The molecule has 0 amide bonds. The molecule has 0 spiro atoms. The van der Waals surface area contributed by atoms with E-state index in [4.69, 9.17) is 4.74 Å². The second-order valence-corrected chi connectivity index (χ2v) is 6.86. The summed E-state index contributed by atoms with van der Waals surface area (Å²) in [6.45, 7) is 7.74. The van der Waals surface area contributed by atoms with E-state index in [1.54, 1.807) is 6.92 Å². The summed E-state index contributed by atoms with van der Waals surface area (Å²) in [5, 5.41) is 0. The molecule has 1 N–H and O–H groups in total. The zero-order chi connectivity index (χ0) is 20.0. The van der Waals surface area contributed by atoms with E-state index in [1.165, 1.54) is 4.57 Å². The van der Waals surface area contributed by atoms with Gasteiger partial charge in [0, 0.05) is 17.7 Å². The first-order valence-corrected chi connectivity index (χ1v) is 9.48. The molecule has 0 fully saturated rings. The van der Waals surface area contributed by atoms with Crippen molar-refractivity contribution < 1.29 is 9.53 Å². The van der Waals surface area contributed by atoms with E-state index >= 15 is 0 Å². The minimum Gasteiger partial charge on any atom is -0.464 e. The van der Waals surface area contributed by atoms with Crippen molar-refractivity contribution in [3.63, 3.8) is 0 Å². The third kappa shape index (κ3) is 4.76. The Morgan fingerprint density at radius 1 is 1.15 bits per heavy atom. The summed E-state index contributed by atoms with van der Waals surface area (Å²) in [7, 11) is 0. The van der Waals surface area contributed by atoms with Gasteiger partial charge in [0.25, 0.3) is 5.56 Å². The lowest BCUT2D eigenvalue weighted by atomic mass is 9.97. The number of benzene rings is 1. The molecule has 27 heavy (non-hydrogen) atoms. The molecule has 1 aromatic heterocycles. The molecule has 1 aromatic carbocycles. The zero-order valence-corrected chi connectivity index (χ0v) is 16.5. The fraction of sp³-hybridized carbons (Fsp3) is 0.476. The van der Waals surface area contributed by atoms with Gasteiger partial charge < -0.3 is 4.74 Å². The van der Waals surface area contributed by atoms with Crippen molar-refractivity contribution in [3.05, 3.63) is 68.0 Å². The van der Waals surface area contributed by atoms with Gasteiger partial charge in [0.2, 0.25) is 0 Å². The number of carbonyl (C=O) groups excluding carboxylic acids is 1. The topological polar surface area (TPSA) is 81.2 Å². The Morgan fingerprint density at radius 3 is 2.37 bits per heavy atom. The van der Waals surface area contributed by atoms with E-state index in [0.717, 1.165) is 5.56 Å². The van der Waals surface area contributed by atoms with E-state index in [0.29, 0.717) is 30.5 Å². The lowest BCUT2D eigenvalue weighted by Crippen LogP contribution is -2.41. The van der Waals surface area contributed by atoms with Crippen molar-refractivity contribution in [1.29, 1.82) is 0 Å². The molecule has 1 unspecified atom stereocenters. The van der Waals surface area contributed by atoms with Crippen LogP contribution in [-0.2, 0) is 16.0 Å². The highest BCUT2D eigenvalue weighted by Gasteiger charge is 2.28. The van der Waals surface area contributed by atoms with Gasteiger partial charge in [-0.1, -0.05) is 57.5 Å². The number of nitrogens with one attached hydrogen (secondary N) is 1. The Labute approximate surface area is 159 Å². The molecular weight excluding hydrogens is 344 g/mol. The monoisotopic (exact) mass is 372 g/mol. The first-order valence-electron chi connectivity index (χ1n) is 9.48. The normalized spacial score (nSPS) is 12.2. The van der Waals surface area contributed by atoms with Gasteiger partial charge in [-0.25, -0.2) is 9.59 Å². The third-order valence-corrected chi connectivity index (χ3v) is 4.51. The molecule has 0 aliphatic rings. The second-order valence-electron chi connectivity index (χ2n) is 6.86. The molecule has 2 rings (SSSR count). The first-order chi connectivity index (χ1) is 12.9. The van der Waals surface area contributed by atoms with E-state index in [2.05, 4.69) is 4.98 Å². The summed E-state index contributed by atoms with van der Waals surface area (Å²) in [5.41, 5.74) is 1.12. The van der Waals surface area contributed by atoms with Crippen molar-refractivity contribution in [3.8, 4) is 0 Å². The number of rotatable bonds is 8. The number of aromatic nitrogens is 2. The fourth-order valence-electron chi connectivity index (χ4n) is 3.37. The average molecular weight is 372 g/mol. The van der Waals surface area contributed by atoms with Crippen LogP contribution in [0.5, 0.6) is 0 Å². The number of carbonyl (C=O) groups is 1. The maximum atomic E-state index is 12.8. The van der Waals surface area contributed by atoms with Crippen LogP contribution >= 0.6 is 0 Å². The predicted molar refractivity (Wildman–Crippen MR) is 105 cm³/mol. The summed E-state index contributed by atoms with van der Waals surface area (Å²) in [4.78, 5) is 40.3. The quantitative estimate of drug-likeness (QED) is 0.722. The van der Waals surface area contributed by atoms with Crippen LogP contribution in [0, 0.1) is 0 Å². The summed E-state index contributed by atoms with van der Waals surface area (Å²) in [6.07, 6.45) is 1.56. The van der Waals surface area contributed by atoms with Gasteiger partial charge in [-0.2, -0.15) is 0 Å². The number of hydrogen-bond donors (Lipinski definition) is 1. The van der Waals surface area contributed by atoms with Gasteiger partial charge in [-0.05, 0) is 24.8 Å². The van der Waals surface area contributed by atoms with Crippen molar-refractivity contribution in [1.82, 2.24) is 9.55 Å². The van der Waals surface area contributed by atoms with Gasteiger partial charge in [0.15, 0.2) is 0 Å². The SMILES string of the molecule is CCCC(C(=O)OCC)n1c(Cc2ccccc2)c(C(C)C)c(=O)[nH]c1=O. The molecule has 6 nitrogen and oxygen atoms in total. The Bertz CT molecular complexity index is 881. The van der Waals surface area contributed by atoms with E-state index < -0.39 is 23.3 Å². The van der Waals surface area contributed by atoms with Gasteiger partial charge in [-0.3, -0.25) is 14.3 Å². The summed E-state index contributed by atoms with van der Waals surface area (Å²) in [6, 6.07) is 8.87. The van der Waals surface area contributed by atoms with E-state index in [-0.39, 0.29) is 12.5 Å². The van der Waals surface area contributed by atoms with E-state index in [1.807, 2.05) is 51.1 Å². The van der Waals surface area contributed by atoms with Gasteiger partial charge in [0.1, 0.15) is 6.04 Å². The van der Waals surface area contributed by atoms with Crippen molar-refractivity contribution in [2.24, 2.45) is 0 Å². The molecule has 1 heterocycles. The molecule has 6 heteroatoms. The predicted octanol–water partition coefficient (Wildman–Crippen LogP) is 3.16. The third-order valence-electron chi connectivity index (χ3n) is 4.51. The Morgan fingerprint density at radius 2 is 1.81 bits per heavy atom. The molecule has 0 saturated heterocycles. The molecule has 0 aliphatic heterocycles. The molecule has 0 aliphatic carbocycles. The van der Waals surface area contributed by atoms with Crippen LogP contribution in [0.3, 0.4) is 0 Å². The van der Waals surface area contributed by atoms with Gasteiger partial charge in [-0.15, -0.1) is 0 Å². The highest BCUT2D eigenvalue weighted by Crippen LogP contribution is 2.23. The Balaban J connectivity index is 2.73. The van der Waals surface area contributed by atoms with E-state index in [9.17, 15) is 14.4 Å². The summed E-state index contributed by atoms with van der Waals surface area (Å²) in [5.74, 6) is -0.540. The van der Waals surface area contributed by atoms with Crippen LogP contribution < -0.4 is 11.2 Å². The van der Waals surface area contributed by atoms with Crippen LogP contribution in [0.15, 0.2) is 39.9 Å². The van der Waals surface area contributed by atoms with Crippen LogP contribution in [0.1, 0.15) is 69.3 Å². The average Bonchev–Trinajstić information content (AvgIpc) is 2.61. The van der Waals surface area contributed by atoms with Gasteiger partial charge in [0.05, 0.1) is 6.61 Å². The van der Waals surface area contributed by atoms with Gasteiger partial charge >= 0.3 is 11.7 Å². The maximum Gasteiger partial charge on any atom is 0.329 e. The van der Waals surface area contributed by atoms with Crippen molar-refractivity contribution >= 4 is 5.97 Å². The molecule has 0 bridgehead atoms. The second kappa shape index (κ2) is 9.35. The zero-order valence-electron chi connectivity index (χ0n) is 16.5. The highest BCUT2D eigenvalue weighted by atomic mass is 16.5. The first kappa shape index (κ1) is 20.7. The highest BCUT2D eigenvalue weighted by molar-refractivity contribution is 5.74. The Hall–Kier alpha value is -2.63. The number of esters is 1. The number of aromatic amines is 1. The van der Waals surface area contributed by atoms with Crippen molar-refractivity contribution in [2.45, 2.75) is 58.9 Å². The number of H-pyrrole nitrogens is 1. The van der Waals surface area contributed by atoms with Crippen molar-refractivity contribution in [2.75, 3.05) is 6.61 Å². The smallest absolute Gasteiger partial charge is 0.329 e. The molecule has 1 atom stereocenters. The fourth-order valence-corrected chi connectivity index (χ4v) is 3.37. The minimum absolute atomic E-state index is 0.0937. The number of hydrogen-bond acceptors (Lipinski definition) is 4. The summed E-state index contributed by atoms with van der Waals surface area (Å²) < 4.78 is 6.65. The lowest BCUT2D eigenvalue weighted by Gasteiger charge is -2.24. The molecule has 146 valence electrons. The maximum absolute atomic E-state index is 12.8. The van der Waals surface area contributed by atoms with Crippen LogP contribution in [0.4, 0.5) is 0 Å². The Kier molecular flexibility index (Phi) is 7.16. The molecule has 2 aromatic rings. The lowest BCUT2D eigenvalue weighted by molar-refractivity contribution is -0.147. The molecular formula is C21H28N2O4. The standard InChI is InChI=1S/C21H28N2O4/c1-5-10-16(20(25)27-6-2)23-17(13-15-11-8-7-9-12-15)18(14(3)4)19(24)22-21(23)26/h7-9,11-12,14,16H,5-6,10,13H2,1-4H3,(H,22,24,26). The summed E-state index contributed by atoms with van der Waals surface area (Å²) >= 11 is 0. The molecule has 0 radical (unpaired) electrons. The number of nitrogens with zero attached hydrogens (tertiary/aromatic N) is 1. The van der Waals surface area contributed by atoms with Crippen LogP contribution in [-0.4, -0.2) is 22.1 Å².